The lowest BCUT2D eigenvalue weighted by Gasteiger charge is -2.21. The SMILES string of the molecule is CCOC(=O)c1ccc(NC(=O)c2ccc3c(c2)C[C@@H](C)N3S(C)(=O)=O)cc1. The topological polar surface area (TPSA) is 92.8 Å². The Hall–Kier alpha value is -2.87. The van der Waals surface area contributed by atoms with Crippen molar-refractivity contribution in [1.82, 2.24) is 0 Å². The molecule has 0 aromatic heterocycles. The van der Waals surface area contributed by atoms with Crippen LogP contribution < -0.4 is 9.62 Å². The van der Waals surface area contributed by atoms with E-state index < -0.39 is 16.0 Å². The highest BCUT2D eigenvalue weighted by Crippen LogP contribution is 2.34. The van der Waals surface area contributed by atoms with Gasteiger partial charge < -0.3 is 10.1 Å². The quantitative estimate of drug-likeness (QED) is 0.777. The van der Waals surface area contributed by atoms with Gasteiger partial charge in [0.15, 0.2) is 0 Å². The molecule has 0 bridgehead atoms. The number of hydrogen-bond acceptors (Lipinski definition) is 5. The highest BCUT2D eigenvalue weighted by Gasteiger charge is 2.32. The molecule has 0 aliphatic carbocycles. The van der Waals surface area contributed by atoms with E-state index in [1.165, 1.54) is 10.6 Å². The van der Waals surface area contributed by atoms with E-state index >= 15 is 0 Å². The first-order valence-electron chi connectivity index (χ1n) is 8.91. The minimum absolute atomic E-state index is 0.182. The van der Waals surface area contributed by atoms with E-state index in [2.05, 4.69) is 5.32 Å². The molecule has 8 heteroatoms. The van der Waals surface area contributed by atoms with Gasteiger partial charge in [0.2, 0.25) is 10.0 Å². The Morgan fingerprint density at radius 1 is 1.14 bits per heavy atom. The second-order valence-corrected chi connectivity index (χ2v) is 8.57. The Labute approximate surface area is 164 Å². The lowest BCUT2D eigenvalue weighted by Crippen LogP contribution is -2.34. The van der Waals surface area contributed by atoms with E-state index in [1.54, 1.807) is 49.4 Å². The van der Waals surface area contributed by atoms with Crippen molar-refractivity contribution in [2.24, 2.45) is 0 Å². The number of nitrogens with one attached hydrogen (secondary N) is 1. The molecule has 2 aromatic carbocycles. The number of carbonyl (C=O) groups is 2. The van der Waals surface area contributed by atoms with Crippen LogP contribution in [0.2, 0.25) is 0 Å². The van der Waals surface area contributed by atoms with Crippen LogP contribution in [0.5, 0.6) is 0 Å². The second kappa shape index (κ2) is 7.63. The number of carbonyl (C=O) groups excluding carboxylic acids is 2. The molecular weight excluding hydrogens is 380 g/mol. The van der Waals surface area contributed by atoms with E-state index in [1.807, 2.05) is 6.92 Å². The van der Waals surface area contributed by atoms with Crippen LogP contribution in [0.15, 0.2) is 42.5 Å². The number of esters is 1. The molecule has 0 saturated carbocycles. The Bertz CT molecular complexity index is 1020. The van der Waals surface area contributed by atoms with E-state index in [0.717, 1.165) is 5.56 Å². The molecule has 1 atom stereocenters. The molecule has 0 saturated heterocycles. The van der Waals surface area contributed by atoms with Gasteiger partial charge in [-0.2, -0.15) is 0 Å². The van der Waals surface area contributed by atoms with E-state index in [9.17, 15) is 18.0 Å². The minimum atomic E-state index is -3.37. The van der Waals surface area contributed by atoms with Crippen molar-refractivity contribution in [1.29, 1.82) is 0 Å². The van der Waals surface area contributed by atoms with Gasteiger partial charge in [-0.05, 0) is 68.3 Å². The van der Waals surface area contributed by atoms with Gasteiger partial charge in [0.25, 0.3) is 5.91 Å². The van der Waals surface area contributed by atoms with Crippen LogP contribution >= 0.6 is 0 Å². The zero-order valence-electron chi connectivity index (χ0n) is 15.9. The number of nitrogens with zero attached hydrogens (tertiary/aromatic N) is 1. The number of amides is 1. The summed E-state index contributed by atoms with van der Waals surface area (Å²) < 4.78 is 30.3. The Morgan fingerprint density at radius 2 is 1.79 bits per heavy atom. The van der Waals surface area contributed by atoms with Gasteiger partial charge in [-0.1, -0.05) is 0 Å². The van der Waals surface area contributed by atoms with Crippen molar-refractivity contribution in [2.75, 3.05) is 22.5 Å². The normalized spacial score (nSPS) is 15.8. The molecule has 7 nitrogen and oxygen atoms in total. The standard InChI is InChI=1S/C20H22N2O5S/c1-4-27-20(24)14-5-8-17(9-6-14)21-19(23)15-7-10-18-16(12-15)11-13(2)22(18)28(3,25)26/h5-10,12-13H,4,11H2,1-3H3,(H,21,23)/t13-/m1/s1. The van der Waals surface area contributed by atoms with Crippen molar-refractivity contribution in [3.05, 3.63) is 59.2 Å². The number of benzene rings is 2. The third kappa shape index (κ3) is 4.01. The predicted molar refractivity (Wildman–Crippen MR) is 107 cm³/mol. The molecule has 0 unspecified atom stereocenters. The molecule has 1 heterocycles. The van der Waals surface area contributed by atoms with Crippen molar-refractivity contribution >= 4 is 33.3 Å². The van der Waals surface area contributed by atoms with Gasteiger partial charge >= 0.3 is 5.97 Å². The summed E-state index contributed by atoms with van der Waals surface area (Å²) in [7, 11) is -3.37. The van der Waals surface area contributed by atoms with Gasteiger partial charge in [-0.25, -0.2) is 13.2 Å². The van der Waals surface area contributed by atoms with Crippen molar-refractivity contribution in [3.63, 3.8) is 0 Å². The monoisotopic (exact) mass is 402 g/mol. The van der Waals surface area contributed by atoms with Crippen LogP contribution in [0.25, 0.3) is 0 Å². The first kappa shape index (κ1) is 19.9. The van der Waals surface area contributed by atoms with E-state index in [4.69, 9.17) is 4.74 Å². The summed E-state index contributed by atoms with van der Waals surface area (Å²) in [5.74, 6) is -0.722. The number of fused-ring (bicyclic) bond motifs is 1. The fourth-order valence-corrected chi connectivity index (χ4v) is 4.62. The van der Waals surface area contributed by atoms with Gasteiger partial charge in [0, 0.05) is 17.3 Å². The second-order valence-electron chi connectivity index (χ2n) is 6.71. The maximum absolute atomic E-state index is 12.6. The average molecular weight is 402 g/mol. The van der Waals surface area contributed by atoms with E-state index in [-0.39, 0.29) is 11.9 Å². The number of sulfonamides is 1. The van der Waals surface area contributed by atoms with Crippen molar-refractivity contribution in [2.45, 2.75) is 26.3 Å². The fraction of sp³-hybridized carbons (Fsp3) is 0.300. The summed E-state index contributed by atoms with van der Waals surface area (Å²) in [4.78, 5) is 24.2. The van der Waals surface area contributed by atoms with Gasteiger partial charge in [0.1, 0.15) is 0 Å². The van der Waals surface area contributed by atoms with E-state index in [0.29, 0.717) is 35.5 Å². The Kier molecular flexibility index (Phi) is 5.42. The molecule has 148 valence electrons. The molecule has 0 fully saturated rings. The first-order valence-corrected chi connectivity index (χ1v) is 10.8. The van der Waals surface area contributed by atoms with Gasteiger partial charge in [-0.3, -0.25) is 9.10 Å². The smallest absolute Gasteiger partial charge is 0.338 e. The van der Waals surface area contributed by atoms with Crippen LogP contribution in [0, 0.1) is 0 Å². The molecular formula is C20H22N2O5S. The van der Waals surface area contributed by atoms with Gasteiger partial charge in [-0.15, -0.1) is 0 Å². The summed E-state index contributed by atoms with van der Waals surface area (Å²) >= 11 is 0. The lowest BCUT2D eigenvalue weighted by molar-refractivity contribution is 0.0526. The molecule has 1 N–H and O–H groups in total. The van der Waals surface area contributed by atoms with Crippen molar-refractivity contribution in [3.8, 4) is 0 Å². The van der Waals surface area contributed by atoms with Crippen LogP contribution in [-0.4, -0.2) is 39.2 Å². The Morgan fingerprint density at radius 3 is 2.39 bits per heavy atom. The maximum Gasteiger partial charge on any atom is 0.338 e. The number of rotatable bonds is 5. The molecule has 1 amide bonds. The van der Waals surface area contributed by atoms with Crippen molar-refractivity contribution < 1.29 is 22.7 Å². The third-order valence-electron chi connectivity index (χ3n) is 4.51. The van der Waals surface area contributed by atoms with Crippen LogP contribution in [-0.2, 0) is 21.2 Å². The summed E-state index contributed by atoms with van der Waals surface area (Å²) in [6.45, 7) is 3.87. The zero-order valence-corrected chi connectivity index (χ0v) is 16.7. The maximum atomic E-state index is 12.6. The molecule has 0 spiro atoms. The highest BCUT2D eigenvalue weighted by molar-refractivity contribution is 7.92. The molecule has 1 aliphatic heterocycles. The molecule has 0 radical (unpaired) electrons. The molecule has 3 rings (SSSR count). The fourth-order valence-electron chi connectivity index (χ4n) is 3.36. The first-order chi connectivity index (χ1) is 13.2. The van der Waals surface area contributed by atoms with Crippen LogP contribution in [0.4, 0.5) is 11.4 Å². The van der Waals surface area contributed by atoms with Crippen LogP contribution in [0.3, 0.4) is 0 Å². The largest absolute Gasteiger partial charge is 0.462 e. The molecule has 2 aromatic rings. The lowest BCUT2D eigenvalue weighted by atomic mass is 10.1. The summed E-state index contributed by atoms with van der Waals surface area (Å²) in [6, 6.07) is 11.2. The average Bonchev–Trinajstić information content (AvgIpc) is 2.97. The predicted octanol–water partition coefficient (Wildman–Crippen LogP) is 2.83. The molecule has 28 heavy (non-hydrogen) atoms. The van der Waals surface area contributed by atoms with Gasteiger partial charge in [0.05, 0.1) is 24.1 Å². The summed E-state index contributed by atoms with van der Waals surface area (Å²) in [6.07, 6.45) is 1.73. The summed E-state index contributed by atoms with van der Waals surface area (Å²) in [5, 5.41) is 2.78. The minimum Gasteiger partial charge on any atom is -0.462 e. The third-order valence-corrected chi connectivity index (χ3v) is 5.78. The van der Waals surface area contributed by atoms with Crippen LogP contribution in [0.1, 0.15) is 40.1 Å². The highest BCUT2D eigenvalue weighted by atomic mass is 32.2. The summed E-state index contributed by atoms with van der Waals surface area (Å²) in [5.41, 5.74) is 2.83. The Balaban J connectivity index is 1.76. The molecule has 1 aliphatic rings. The number of hydrogen-bond donors (Lipinski definition) is 1. The number of anilines is 2. The number of ether oxygens (including phenoxy) is 1. The zero-order chi connectivity index (χ0) is 20.5.